The van der Waals surface area contributed by atoms with Gasteiger partial charge in [0, 0.05) is 28.5 Å². The zero-order valence-electron chi connectivity index (χ0n) is 12.7. The van der Waals surface area contributed by atoms with E-state index in [1.807, 2.05) is 6.07 Å². The molecule has 0 saturated carbocycles. The van der Waals surface area contributed by atoms with Crippen LogP contribution in [0, 0.1) is 0 Å². The van der Waals surface area contributed by atoms with Gasteiger partial charge in [-0.3, -0.25) is 0 Å². The van der Waals surface area contributed by atoms with Crippen molar-refractivity contribution in [3.05, 3.63) is 28.2 Å². The van der Waals surface area contributed by atoms with Gasteiger partial charge in [-0.25, -0.2) is 0 Å². The maximum atomic E-state index is 5.72. The lowest BCUT2D eigenvalue weighted by atomic mass is 10.0. The molecule has 1 aliphatic heterocycles. The van der Waals surface area contributed by atoms with Gasteiger partial charge in [0.15, 0.2) is 0 Å². The van der Waals surface area contributed by atoms with Crippen LogP contribution in [0.2, 0.25) is 0 Å². The van der Waals surface area contributed by atoms with Crippen LogP contribution >= 0.6 is 15.9 Å². The van der Waals surface area contributed by atoms with E-state index < -0.39 is 0 Å². The van der Waals surface area contributed by atoms with E-state index in [9.17, 15) is 0 Å². The van der Waals surface area contributed by atoms with Crippen LogP contribution in [0.5, 0.6) is 5.75 Å². The fraction of sp³-hybridized carbons (Fsp3) is 0.625. The van der Waals surface area contributed by atoms with Crippen LogP contribution in [0.1, 0.15) is 38.3 Å². The van der Waals surface area contributed by atoms with E-state index in [0.717, 1.165) is 36.3 Å². The number of rotatable bonds is 6. The number of nitrogens with one attached hydrogen (secondary N) is 1. The number of benzene rings is 1. The van der Waals surface area contributed by atoms with Crippen molar-refractivity contribution < 1.29 is 4.74 Å². The number of nitrogens with zero attached hydrogens (tertiary/aromatic N) is 1. The monoisotopic (exact) mass is 340 g/mol. The average molecular weight is 341 g/mol. The Bertz CT molecular complexity index is 436. The Labute approximate surface area is 130 Å². The highest BCUT2D eigenvalue weighted by atomic mass is 79.9. The molecular weight excluding hydrogens is 316 g/mol. The van der Waals surface area contributed by atoms with Crippen molar-refractivity contribution in [1.29, 1.82) is 0 Å². The molecule has 1 aromatic carbocycles. The highest BCUT2D eigenvalue weighted by Crippen LogP contribution is 2.33. The molecule has 1 atom stereocenters. The van der Waals surface area contributed by atoms with Gasteiger partial charge in [0.1, 0.15) is 5.75 Å². The molecule has 0 bridgehead atoms. The zero-order chi connectivity index (χ0) is 14.5. The first-order valence-corrected chi connectivity index (χ1v) is 8.23. The fourth-order valence-electron chi connectivity index (χ4n) is 2.44. The Morgan fingerprint density at radius 3 is 3.00 bits per heavy atom. The van der Waals surface area contributed by atoms with Gasteiger partial charge in [-0.2, -0.15) is 0 Å². The Morgan fingerprint density at radius 2 is 2.25 bits per heavy atom. The van der Waals surface area contributed by atoms with E-state index in [1.165, 1.54) is 12.0 Å². The zero-order valence-corrected chi connectivity index (χ0v) is 14.2. The summed E-state index contributed by atoms with van der Waals surface area (Å²) in [7, 11) is 2.19. The topological polar surface area (TPSA) is 24.5 Å². The SMILES string of the molecule is CC(C)N(C)CCCNC1CCOc2ccc(Br)cc21. The van der Waals surface area contributed by atoms with Crippen LogP contribution in [-0.2, 0) is 0 Å². The molecule has 1 unspecified atom stereocenters. The molecule has 0 aromatic heterocycles. The second-order valence-corrected chi connectivity index (χ2v) is 6.67. The number of halogens is 1. The molecule has 1 aromatic rings. The second kappa shape index (κ2) is 7.43. The van der Waals surface area contributed by atoms with Gasteiger partial charge in [-0.05, 0) is 58.6 Å². The van der Waals surface area contributed by atoms with Gasteiger partial charge < -0.3 is 15.0 Å². The van der Waals surface area contributed by atoms with Crippen molar-refractivity contribution in [3.63, 3.8) is 0 Å². The first-order valence-electron chi connectivity index (χ1n) is 7.44. The summed E-state index contributed by atoms with van der Waals surface area (Å²) in [5.74, 6) is 1.02. The molecule has 1 aliphatic rings. The van der Waals surface area contributed by atoms with E-state index in [-0.39, 0.29) is 0 Å². The third-order valence-electron chi connectivity index (χ3n) is 3.97. The molecule has 0 saturated heterocycles. The molecule has 2 rings (SSSR count). The number of hydrogen-bond acceptors (Lipinski definition) is 3. The lowest BCUT2D eigenvalue weighted by Gasteiger charge is -2.27. The van der Waals surface area contributed by atoms with E-state index in [1.54, 1.807) is 0 Å². The van der Waals surface area contributed by atoms with Crippen LogP contribution in [0.15, 0.2) is 22.7 Å². The largest absolute Gasteiger partial charge is 0.493 e. The summed E-state index contributed by atoms with van der Waals surface area (Å²) in [6, 6.07) is 7.31. The molecule has 0 fully saturated rings. The molecule has 0 spiro atoms. The molecule has 3 nitrogen and oxygen atoms in total. The smallest absolute Gasteiger partial charge is 0.124 e. The summed E-state index contributed by atoms with van der Waals surface area (Å²) in [4.78, 5) is 2.39. The minimum atomic E-state index is 0.417. The first-order chi connectivity index (χ1) is 9.58. The van der Waals surface area contributed by atoms with Gasteiger partial charge in [0.05, 0.1) is 6.61 Å². The molecular formula is C16H25BrN2O. The summed E-state index contributed by atoms with van der Waals surface area (Å²) in [6.45, 7) is 7.46. The molecule has 1 heterocycles. The highest BCUT2D eigenvalue weighted by molar-refractivity contribution is 9.10. The first kappa shape index (κ1) is 15.8. The number of fused-ring (bicyclic) bond motifs is 1. The normalized spacial score (nSPS) is 18.2. The molecule has 4 heteroatoms. The van der Waals surface area contributed by atoms with Crippen LogP contribution in [-0.4, -0.2) is 37.7 Å². The summed E-state index contributed by atoms with van der Waals surface area (Å²) >= 11 is 3.54. The van der Waals surface area contributed by atoms with E-state index in [4.69, 9.17) is 4.74 Å². The van der Waals surface area contributed by atoms with E-state index in [2.05, 4.69) is 59.2 Å². The summed E-state index contributed by atoms with van der Waals surface area (Å²) in [5.41, 5.74) is 1.28. The molecule has 20 heavy (non-hydrogen) atoms. The summed E-state index contributed by atoms with van der Waals surface area (Å²) in [5, 5.41) is 3.67. The Kier molecular flexibility index (Phi) is 5.87. The quantitative estimate of drug-likeness (QED) is 0.801. The Balaban J connectivity index is 1.84. The minimum Gasteiger partial charge on any atom is -0.493 e. The lowest BCUT2D eigenvalue weighted by molar-refractivity contribution is 0.244. The maximum absolute atomic E-state index is 5.72. The Morgan fingerprint density at radius 1 is 1.45 bits per heavy atom. The molecule has 0 aliphatic carbocycles. The molecule has 1 N–H and O–H groups in total. The van der Waals surface area contributed by atoms with Crippen molar-refractivity contribution in [2.75, 3.05) is 26.7 Å². The summed E-state index contributed by atoms with van der Waals surface area (Å²) < 4.78 is 6.83. The van der Waals surface area contributed by atoms with E-state index in [0.29, 0.717) is 12.1 Å². The molecule has 0 amide bonds. The van der Waals surface area contributed by atoms with Crippen molar-refractivity contribution in [2.24, 2.45) is 0 Å². The van der Waals surface area contributed by atoms with Crippen LogP contribution in [0.3, 0.4) is 0 Å². The standard InChI is InChI=1S/C16H25BrN2O/c1-12(2)19(3)9-4-8-18-15-7-10-20-16-6-5-13(17)11-14(15)16/h5-6,11-12,15,18H,4,7-10H2,1-3H3. The van der Waals surface area contributed by atoms with Crippen LogP contribution in [0.25, 0.3) is 0 Å². The predicted molar refractivity (Wildman–Crippen MR) is 87.4 cm³/mol. The van der Waals surface area contributed by atoms with Crippen molar-refractivity contribution in [1.82, 2.24) is 10.2 Å². The summed E-state index contributed by atoms with van der Waals surface area (Å²) in [6.07, 6.45) is 2.22. The maximum Gasteiger partial charge on any atom is 0.124 e. The lowest BCUT2D eigenvalue weighted by Crippen LogP contribution is -2.32. The highest BCUT2D eigenvalue weighted by Gasteiger charge is 2.20. The third-order valence-corrected chi connectivity index (χ3v) is 4.46. The average Bonchev–Trinajstić information content (AvgIpc) is 2.43. The fourth-order valence-corrected chi connectivity index (χ4v) is 2.82. The van der Waals surface area contributed by atoms with Crippen molar-refractivity contribution in [2.45, 2.75) is 38.8 Å². The van der Waals surface area contributed by atoms with Gasteiger partial charge in [0.25, 0.3) is 0 Å². The second-order valence-electron chi connectivity index (χ2n) is 5.75. The third kappa shape index (κ3) is 4.21. The Hall–Kier alpha value is -0.580. The van der Waals surface area contributed by atoms with E-state index >= 15 is 0 Å². The molecule has 0 radical (unpaired) electrons. The van der Waals surface area contributed by atoms with Gasteiger partial charge in [-0.15, -0.1) is 0 Å². The molecule has 112 valence electrons. The van der Waals surface area contributed by atoms with Crippen LogP contribution < -0.4 is 10.1 Å². The predicted octanol–water partition coefficient (Wildman–Crippen LogP) is 3.59. The van der Waals surface area contributed by atoms with Crippen molar-refractivity contribution >= 4 is 15.9 Å². The van der Waals surface area contributed by atoms with Gasteiger partial charge in [-0.1, -0.05) is 15.9 Å². The number of hydrogen-bond donors (Lipinski definition) is 1. The van der Waals surface area contributed by atoms with Gasteiger partial charge >= 0.3 is 0 Å². The minimum absolute atomic E-state index is 0.417. The van der Waals surface area contributed by atoms with Crippen molar-refractivity contribution in [3.8, 4) is 5.75 Å². The van der Waals surface area contributed by atoms with Gasteiger partial charge in [0.2, 0.25) is 0 Å². The van der Waals surface area contributed by atoms with Crippen LogP contribution in [0.4, 0.5) is 0 Å². The number of ether oxygens (including phenoxy) is 1.